The highest BCUT2D eigenvalue weighted by Gasteiger charge is 2.36. The molecule has 7 heteroatoms. The van der Waals surface area contributed by atoms with Gasteiger partial charge in [-0.25, -0.2) is 10.0 Å². The first kappa shape index (κ1) is 21.6. The van der Waals surface area contributed by atoms with Gasteiger partial charge in [0.25, 0.3) is 0 Å². The quantitative estimate of drug-likeness (QED) is 0.372. The molecule has 1 amide bonds. The van der Waals surface area contributed by atoms with Gasteiger partial charge in [0.05, 0.1) is 22.7 Å². The van der Waals surface area contributed by atoms with Crippen LogP contribution in [-0.4, -0.2) is 50.6 Å². The van der Waals surface area contributed by atoms with Gasteiger partial charge in [-0.3, -0.25) is 10.0 Å². The summed E-state index contributed by atoms with van der Waals surface area (Å²) in [6.07, 6.45) is 6.71. The molecule has 1 aromatic heterocycles. The first-order chi connectivity index (χ1) is 14.0. The average molecular weight is 415 g/mol. The van der Waals surface area contributed by atoms with Crippen molar-refractivity contribution in [1.82, 2.24) is 19.9 Å². The molecule has 0 spiro atoms. The third-order valence-electron chi connectivity index (χ3n) is 5.27. The molecule has 1 aromatic carbocycles. The molecular weight excluding hydrogens is 384 g/mol. The minimum atomic E-state index is -0.201. The van der Waals surface area contributed by atoms with Crippen molar-refractivity contribution in [3.8, 4) is 0 Å². The number of aromatic nitrogens is 2. The molecule has 2 aromatic rings. The van der Waals surface area contributed by atoms with Crippen molar-refractivity contribution in [2.75, 3.05) is 19.6 Å². The Labute approximate surface area is 177 Å². The van der Waals surface area contributed by atoms with Crippen LogP contribution in [0.2, 0.25) is 0 Å². The van der Waals surface area contributed by atoms with Crippen molar-refractivity contribution in [2.45, 2.75) is 49.8 Å². The van der Waals surface area contributed by atoms with Crippen LogP contribution in [0.3, 0.4) is 0 Å². The van der Waals surface area contributed by atoms with E-state index in [1.165, 1.54) is 5.56 Å². The molecule has 1 atom stereocenters. The van der Waals surface area contributed by atoms with Crippen LogP contribution in [0.4, 0.5) is 0 Å². The summed E-state index contributed by atoms with van der Waals surface area (Å²) in [5.41, 5.74) is 3.44. The Morgan fingerprint density at radius 1 is 1.34 bits per heavy atom. The molecule has 0 bridgehead atoms. The summed E-state index contributed by atoms with van der Waals surface area (Å²) in [5.74, 6) is 1.02. The zero-order valence-electron chi connectivity index (χ0n) is 17.4. The highest BCUT2D eigenvalue weighted by Crippen LogP contribution is 2.38. The number of imidazole rings is 1. The van der Waals surface area contributed by atoms with E-state index in [0.717, 1.165) is 59.6 Å². The lowest BCUT2D eigenvalue weighted by Crippen LogP contribution is -2.40. The Kier molecular flexibility index (Phi) is 7.16. The Morgan fingerprint density at radius 3 is 2.72 bits per heavy atom. The first-order valence-corrected chi connectivity index (χ1v) is 10.9. The predicted molar refractivity (Wildman–Crippen MR) is 117 cm³/mol. The van der Waals surface area contributed by atoms with E-state index >= 15 is 0 Å². The van der Waals surface area contributed by atoms with Gasteiger partial charge in [0, 0.05) is 18.0 Å². The fourth-order valence-corrected chi connectivity index (χ4v) is 5.12. The van der Waals surface area contributed by atoms with Crippen molar-refractivity contribution in [1.29, 1.82) is 0 Å². The summed E-state index contributed by atoms with van der Waals surface area (Å²) in [5, 5.41) is 13.8. The summed E-state index contributed by atoms with van der Waals surface area (Å²) in [4.78, 5) is 16.6. The second kappa shape index (κ2) is 9.61. The summed E-state index contributed by atoms with van der Waals surface area (Å²) < 4.78 is 2.05. The lowest BCUT2D eigenvalue weighted by molar-refractivity contribution is -0.150. The van der Waals surface area contributed by atoms with Crippen LogP contribution >= 0.6 is 11.8 Å². The van der Waals surface area contributed by atoms with Gasteiger partial charge in [-0.05, 0) is 57.0 Å². The topological polar surface area (TPSA) is 70.4 Å². The lowest BCUT2D eigenvalue weighted by atomic mass is 10.1. The number of carbonyl (C=O) groups is 1. The second-order valence-electron chi connectivity index (χ2n) is 7.59. The number of carbonyl (C=O) groups excluding carboxylic acids is 1. The summed E-state index contributed by atoms with van der Waals surface area (Å²) in [6.45, 7) is 8.99. The van der Waals surface area contributed by atoms with Gasteiger partial charge in [0.2, 0.25) is 6.41 Å². The molecule has 0 saturated carbocycles. The van der Waals surface area contributed by atoms with E-state index in [1.54, 1.807) is 11.8 Å². The van der Waals surface area contributed by atoms with E-state index in [2.05, 4.69) is 65.1 Å². The minimum Gasteiger partial charge on any atom is -0.324 e. The fourth-order valence-electron chi connectivity index (χ4n) is 3.77. The molecule has 2 heterocycles. The SMILES string of the molecule is CC/C=C\c1c(C)nc(C)n1Cc1ccc(SC2(CN(O)C=O)CCNC2)cc1. The molecule has 1 aliphatic rings. The highest BCUT2D eigenvalue weighted by atomic mass is 32.2. The smallest absolute Gasteiger partial charge is 0.233 e. The number of aryl methyl sites for hydroxylation is 2. The summed E-state index contributed by atoms with van der Waals surface area (Å²) in [6, 6.07) is 8.56. The van der Waals surface area contributed by atoms with Gasteiger partial charge in [-0.2, -0.15) is 0 Å². The maximum Gasteiger partial charge on any atom is 0.233 e. The van der Waals surface area contributed by atoms with Crippen molar-refractivity contribution >= 4 is 24.2 Å². The summed E-state index contributed by atoms with van der Waals surface area (Å²) in [7, 11) is 0. The fraction of sp³-hybridized carbons (Fsp3) is 0.455. The number of nitrogens with zero attached hydrogens (tertiary/aromatic N) is 3. The molecule has 29 heavy (non-hydrogen) atoms. The van der Waals surface area contributed by atoms with Crippen molar-refractivity contribution in [3.63, 3.8) is 0 Å². The van der Waals surface area contributed by atoms with Crippen LogP contribution in [0.1, 0.15) is 42.5 Å². The molecule has 156 valence electrons. The van der Waals surface area contributed by atoms with E-state index < -0.39 is 0 Å². The zero-order valence-corrected chi connectivity index (χ0v) is 18.2. The van der Waals surface area contributed by atoms with E-state index in [-0.39, 0.29) is 4.75 Å². The molecule has 1 saturated heterocycles. The van der Waals surface area contributed by atoms with Crippen LogP contribution < -0.4 is 5.32 Å². The molecule has 2 N–H and O–H groups in total. The highest BCUT2D eigenvalue weighted by molar-refractivity contribution is 8.00. The van der Waals surface area contributed by atoms with Gasteiger partial charge in [0.1, 0.15) is 5.82 Å². The lowest BCUT2D eigenvalue weighted by Gasteiger charge is -2.29. The first-order valence-electron chi connectivity index (χ1n) is 10.1. The van der Waals surface area contributed by atoms with Crippen LogP contribution in [0.25, 0.3) is 6.08 Å². The molecular formula is C22H30N4O2S. The molecule has 0 aliphatic carbocycles. The van der Waals surface area contributed by atoms with Crippen LogP contribution in [0.15, 0.2) is 35.2 Å². The molecule has 6 nitrogen and oxygen atoms in total. The Morgan fingerprint density at radius 2 is 2.10 bits per heavy atom. The number of allylic oxidation sites excluding steroid dienone is 1. The van der Waals surface area contributed by atoms with Crippen LogP contribution in [0.5, 0.6) is 0 Å². The number of rotatable bonds is 9. The summed E-state index contributed by atoms with van der Waals surface area (Å²) >= 11 is 1.73. The second-order valence-corrected chi connectivity index (χ2v) is 9.13. The van der Waals surface area contributed by atoms with E-state index in [0.29, 0.717) is 13.0 Å². The number of thioether (sulfide) groups is 1. The number of hydrogen-bond acceptors (Lipinski definition) is 5. The molecule has 1 fully saturated rings. The number of hydrogen-bond donors (Lipinski definition) is 2. The third-order valence-corrected chi connectivity index (χ3v) is 6.69. The van der Waals surface area contributed by atoms with Crippen LogP contribution in [-0.2, 0) is 11.3 Å². The average Bonchev–Trinajstić information content (AvgIpc) is 3.26. The van der Waals surface area contributed by atoms with Gasteiger partial charge >= 0.3 is 0 Å². The number of amides is 1. The minimum absolute atomic E-state index is 0.201. The number of benzene rings is 1. The standard InChI is InChI=1S/C22H30N4O2S/c1-4-5-6-21-17(2)24-18(3)26(21)13-19-7-9-20(10-8-19)29-22(11-12-23-14-22)15-25(28)16-27/h5-10,16,23,28H,4,11-15H2,1-3H3/b6-5-. The maximum absolute atomic E-state index is 10.9. The largest absolute Gasteiger partial charge is 0.324 e. The van der Waals surface area contributed by atoms with Crippen LogP contribution in [0, 0.1) is 13.8 Å². The van der Waals surface area contributed by atoms with Gasteiger partial charge in [-0.15, -0.1) is 11.8 Å². The number of nitrogens with one attached hydrogen (secondary N) is 1. The normalized spacial score (nSPS) is 19.2. The van der Waals surface area contributed by atoms with E-state index in [4.69, 9.17) is 0 Å². The van der Waals surface area contributed by atoms with Crippen molar-refractivity contribution in [2.24, 2.45) is 0 Å². The van der Waals surface area contributed by atoms with Gasteiger partial charge in [0.15, 0.2) is 0 Å². The predicted octanol–water partition coefficient (Wildman–Crippen LogP) is 3.64. The Hall–Kier alpha value is -2.09. The zero-order chi connectivity index (χ0) is 20.9. The van der Waals surface area contributed by atoms with Gasteiger partial charge < -0.3 is 9.88 Å². The molecule has 1 aliphatic heterocycles. The molecule has 1 unspecified atom stereocenters. The van der Waals surface area contributed by atoms with E-state index in [9.17, 15) is 10.0 Å². The molecule has 3 rings (SSSR count). The third kappa shape index (κ3) is 5.29. The Balaban J connectivity index is 1.74. The Bertz CT molecular complexity index is 854. The van der Waals surface area contributed by atoms with E-state index in [1.807, 2.05) is 6.92 Å². The number of hydroxylamine groups is 2. The molecule has 0 radical (unpaired) electrons. The van der Waals surface area contributed by atoms with Crippen molar-refractivity contribution in [3.05, 3.63) is 53.1 Å². The van der Waals surface area contributed by atoms with Crippen molar-refractivity contribution < 1.29 is 10.0 Å². The maximum atomic E-state index is 10.9. The van der Waals surface area contributed by atoms with Gasteiger partial charge in [-0.1, -0.05) is 25.1 Å². The monoisotopic (exact) mass is 414 g/mol.